The average molecular weight is 349 g/mol. The van der Waals surface area contributed by atoms with Crippen LogP contribution in [0.5, 0.6) is 0 Å². The smallest absolute Gasteiger partial charge is 0.329 e. The van der Waals surface area contributed by atoms with Gasteiger partial charge in [0.2, 0.25) is 0 Å². The average Bonchev–Trinajstić information content (AvgIpc) is 2.63. The molecule has 2 N–H and O–H groups in total. The van der Waals surface area contributed by atoms with Gasteiger partial charge in [-0.3, -0.25) is 0 Å². The van der Waals surface area contributed by atoms with Crippen LogP contribution in [-0.2, 0) is 4.79 Å². The number of nitrogens with one attached hydrogen (secondary N) is 1. The van der Waals surface area contributed by atoms with E-state index in [1.54, 1.807) is 17.0 Å². The molecule has 0 aromatic heterocycles. The third-order valence-electron chi connectivity index (χ3n) is 5.22. The number of hydrogen-bond donors (Lipinski definition) is 2. The third-order valence-corrected chi connectivity index (χ3v) is 5.22. The molecule has 1 aromatic rings. The molecular weight excluding hydrogens is 325 g/mol. The Morgan fingerprint density at radius 2 is 1.60 bits per heavy atom. The van der Waals surface area contributed by atoms with Crippen LogP contribution in [0.2, 0.25) is 0 Å². The number of carboxylic acids is 1. The van der Waals surface area contributed by atoms with E-state index in [1.807, 2.05) is 0 Å². The Morgan fingerprint density at radius 3 is 2.16 bits per heavy atom. The number of urea groups is 1. The fourth-order valence-electron chi connectivity index (χ4n) is 3.65. The molecule has 7 heteroatoms. The quantitative estimate of drug-likeness (QED) is 0.879. The summed E-state index contributed by atoms with van der Waals surface area (Å²) in [5.74, 6) is -1.21. The maximum Gasteiger partial charge on any atom is 0.329 e. The maximum atomic E-state index is 13.0. The topological polar surface area (TPSA) is 72.9 Å². The molecule has 0 radical (unpaired) electrons. The molecule has 0 atom stereocenters. The van der Waals surface area contributed by atoms with Crippen molar-refractivity contribution in [2.24, 2.45) is 0 Å². The zero-order chi connectivity index (χ0) is 17.9. The van der Waals surface area contributed by atoms with Gasteiger partial charge < -0.3 is 20.2 Å². The second kappa shape index (κ2) is 7.29. The van der Waals surface area contributed by atoms with Gasteiger partial charge >= 0.3 is 12.0 Å². The molecule has 1 heterocycles. The summed E-state index contributed by atoms with van der Waals surface area (Å²) in [6.45, 7) is 2.30. The van der Waals surface area contributed by atoms with Crippen LogP contribution in [0.25, 0.3) is 0 Å². The van der Waals surface area contributed by atoms with Crippen molar-refractivity contribution in [2.75, 3.05) is 31.1 Å². The summed E-state index contributed by atoms with van der Waals surface area (Å²) >= 11 is 0. The number of carboxylic acid groups (broad SMARTS) is 1. The first-order chi connectivity index (χ1) is 12.0. The highest BCUT2D eigenvalue weighted by Crippen LogP contribution is 2.29. The van der Waals surface area contributed by atoms with Gasteiger partial charge in [0.05, 0.1) is 0 Å². The third kappa shape index (κ3) is 3.86. The zero-order valence-corrected chi connectivity index (χ0v) is 14.2. The number of anilines is 1. The Hall–Kier alpha value is -2.31. The van der Waals surface area contributed by atoms with E-state index in [0.717, 1.165) is 24.9 Å². The first-order valence-electron chi connectivity index (χ1n) is 8.81. The van der Waals surface area contributed by atoms with Gasteiger partial charge in [-0.2, -0.15) is 0 Å². The summed E-state index contributed by atoms with van der Waals surface area (Å²) in [4.78, 5) is 28.0. The number of piperazine rings is 1. The molecule has 6 nitrogen and oxygen atoms in total. The van der Waals surface area contributed by atoms with Crippen LogP contribution < -0.4 is 10.2 Å². The van der Waals surface area contributed by atoms with Gasteiger partial charge in [0.25, 0.3) is 0 Å². The molecule has 136 valence electrons. The molecular formula is C18H24FN3O3. The number of benzene rings is 1. The van der Waals surface area contributed by atoms with Crippen LogP contribution >= 0.6 is 0 Å². The Balaban J connectivity index is 1.57. The molecule has 0 bridgehead atoms. The van der Waals surface area contributed by atoms with Gasteiger partial charge in [-0.25, -0.2) is 14.0 Å². The lowest BCUT2D eigenvalue weighted by molar-refractivity contribution is -0.146. The number of amides is 2. The maximum absolute atomic E-state index is 13.0. The van der Waals surface area contributed by atoms with Crippen molar-refractivity contribution in [1.29, 1.82) is 0 Å². The van der Waals surface area contributed by atoms with Crippen molar-refractivity contribution in [1.82, 2.24) is 10.2 Å². The van der Waals surface area contributed by atoms with Crippen molar-refractivity contribution >= 4 is 17.7 Å². The molecule has 1 aliphatic heterocycles. The first-order valence-corrected chi connectivity index (χ1v) is 8.81. The largest absolute Gasteiger partial charge is 0.480 e. The molecule has 2 amide bonds. The van der Waals surface area contributed by atoms with Crippen molar-refractivity contribution in [3.8, 4) is 0 Å². The van der Waals surface area contributed by atoms with Crippen molar-refractivity contribution in [3.05, 3.63) is 30.1 Å². The molecule has 0 spiro atoms. The number of rotatable bonds is 3. The summed E-state index contributed by atoms with van der Waals surface area (Å²) in [6.07, 6.45) is 3.64. The minimum atomic E-state index is -1.12. The van der Waals surface area contributed by atoms with Crippen molar-refractivity contribution in [2.45, 2.75) is 37.6 Å². The number of carbonyl (C=O) groups excluding carboxylic acids is 1. The van der Waals surface area contributed by atoms with E-state index in [-0.39, 0.29) is 11.8 Å². The highest BCUT2D eigenvalue weighted by molar-refractivity contribution is 5.86. The lowest BCUT2D eigenvalue weighted by atomic mass is 9.82. The van der Waals surface area contributed by atoms with Crippen LogP contribution in [0.15, 0.2) is 24.3 Å². The second-order valence-electron chi connectivity index (χ2n) is 6.83. The molecule has 3 rings (SSSR count). The van der Waals surface area contributed by atoms with Gasteiger partial charge in [-0.05, 0) is 37.1 Å². The van der Waals surface area contributed by atoms with E-state index in [2.05, 4.69) is 10.2 Å². The molecule has 0 unspecified atom stereocenters. The minimum absolute atomic E-state index is 0.270. The lowest BCUT2D eigenvalue weighted by Gasteiger charge is -2.39. The van der Waals surface area contributed by atoms with Crippen LogP contribution in [0, 0.1) is 5.82 Å². The van der Waals surface area contributed by atoms with E-state index >= 15 is 0 Å². The SMILES string of the molecule is O=C(NC1(C(=O)O)CCCCC1)N1CCN(c2ccc(F)cc2)CC1. The Bertz CT molecular complexity index is 621. The summed E-state index contributed by atoms with van der Waals surface area (Å²) in [5, 5.41) is 12.4. The number of halogens is 1. The highest BCUT2D eigenvalue weighted by Gasteiger charge is 2.42. The predicted molar refractivity (Wildman–Crippen MR) is 92.2 cm³/mol. The summed E-state index contributed by atoms with van der Waals surface area (Å²) in [7, 11) is 0. The molecule has 1 saturated heterocycles. The van der Waals surface area contributed by atoms with Gasteiger partial charge in [0.15, 0.2) is 0 Å². The monoisotopic (exact) mass is 349 g/mol. The Labute approximate surface area is 146 Å². The van der Waals surface area contributed by atoms with E-state index in [0.29, 0.717) is 39.0 Å². The number of aliphatic carboxylic acids is 1. The first kappa shape index (κ1) is 17.5. The van der Waals surface area contributed by atoms with Crippen LogP contribution in [0.3, 0.4) is 0 Å². The van der Waals surface area contributed by atoms with Gasteiger partial charge in [0, 0.05) is 31.9 Å². The van der Waals surface area contributed by atoms with Crippen LogP contribution in [-0.4, -0.2) is 53.7 Å². The molecule has 2 fully saturated rings. The minimum Gasteiger partial charge on any atom is -0.480 e. The number of nitrogens with zero attached hydrogens (tertiary/aromatic N) is 2. The number of carbonyl (C=O) groups is 2. The van der Waals surface area contributed by atoms with E-state index in [9.17, 15) is 19.1 Å². The fraction of sp³-hybridized carbons (Fsp3) is 0.556. The van der Waals surface area contributed by atoms with Gasteiger partial charge in [0.1, 0.15) is 11.4 Å². The Kier molecular flexibility index (Phi) is 5.11. The van der Waals surface area contributed by atoms with E-state index < -0.39 is 11.5 Å². The Morgan fingerprint density at radius 1 is 1.00 bits per heavy atom. The van der Waals surface area contributed by atoms with Crippen molar-refractivity contribution < 1.29 is 19.1 Å². The normalized spacial score (nSPS) is 20.2. The van der Waals surface area contributed by atoms with Crippen LogP contribution in [0.4, 0.5) is 14.9 Å². The predicted octanol–water partition coefficient (Wildman–Crippen LogP) is 2.44. The summed E-state index contributed by atoms with van der Waals surface area (Å²) in [6, 6.07) is 6.00. The summed E-state index contributed by atoms with van der Waals surface area (Å²) in [5.41, 5.74) is -0.195. The highest BCUT2D eigenvalue weighted by atomic mass is 19.1. The van der Waals surface area contributed by atoms with E-state index in [4.69, 9.17) is 0 Å². The molecule has 1 aliphatic carbocycles. The molecule has 1 aromatic carbocycles. The lowest BCUT2D eigenvalue weighted by Crippen LogP contribution is -2.61. The second-order valence-corrected chi connectivity index (χ2v) is 6.83. The van der Waals surface area contributed by atoms with Gasteiger partial charge in [-0.1, -0.05) is 19.3 Å². The summed E-state index contributed by atoms with van der Waals surface area (Å²) < 4.78 is 13.0. The molecule has 25 heavy (non-hydrogen) atoms. The van der Waals surface area contributed by atoms with Crippen LogP contribution in [0.1, 0.15) is 32.1 Å². The van der Waals surface area contributed by atoms with Crippen molar-refractivity contribution in [3.63, 3.8) is 0 Å². The number of hydrogen-bond acceptors (Lipinski definition) is 3. The van der Waals surface area contributed by atoms with Gasteiger partial charge in [-0.15, -0.1) is 0 Å². The molecule has 1 saturated carbocycles. The fourth-order valence-corrected chi connectivity index (χ4v) is 3.65. The molecule has 2 aliphatic rings. The zero-order valence-electron chi connectivity index (χ0n) is 14.2. The van der Waals surface area contributed by atoms with E-state index in [1.165, 1.54) is 12.1 Å². The standard InChI is InChI=1S/C18H24FN3O3/c19-14-4-6-15(7-5-14)21-10-12-22(13-11-21)17(25)20-18(16(23)24)8-2-1-3-9-18/h4-7H,1-3,8-13H2,(H,20,25)(H,23,24).